The predicted octanol–water partition coefficient (Wildman–Crippen LogP) is 5.17. The summed E-state index contributed by atoms with van der Waals surface area (Å²) in [7, 11) is 0. The topological polar surface area (TPSA) is 12.0 Å². The monoisotopic (exact) mass is 307 g/mol. The van der Waals surface area contributed by atoms with Gasteiger partial charge in [0, 0.05) is 11.4 Å². The number of rotatable bonds is 7. The Morgan fingerprint density at radius 1 is 1.05 bits per heavy atom. The van der Waals surface area contributed by atoms with E-state index in [0.29, 0.717) is 16.7 Å². The van der Waals surface area contributed by atoms with Crippen molar-refractivity contribution in [1.82, 2.24) is 5.32 Å². The van der Waals surface area contributed by atoms with Crippen molar-refractivity contribution >= 4 is 11.8 Å². The lowest BCUT2D eigenvalue weighted by atomic mass is 10.00. The van der Waals surface area contributed by atoms with Gasteiger partial charge >= 0.3 is 0 Å². The predicted molar refractivity (Wildman–Crippen MR) is 85.7 cm³/mol. The summed E-state index contributed by atoms with van der Waals surface area (Å²) >= 11 is 0.578. The Hall–Kier alpha value is -1.39. The molecule has 0 saturated carbocycles. The zero-order chi connectivity index (χ0) is 15.1. The van der Waals surface area contributed by atoms with Crippen LogP contribution in [0.4, 0.5) is 8.78 Å². The van der Waals surface area contributed by atoms with Gasteiger partial charge in [-0.3, -0.25) is 0 Å². The van der Waals surface area contributed by atoms with E-state index in [1.807, 2.05) is 24.3 Å². The van der Waals surface area contributed by atoms with Crippen molar-refractivity contribution in [2.24, 2.45) is 0 Å². The highest BCUT2D eigenvalue weighted by molar-refractivity contribution is 7.99. The van der Waals surface area contributed by atoms with Gasteiger partial charge in [0.2, 0.25) is 0 Å². The molecule has 0 saturated heterocycles. The number of nitrogens with one attached hydrogen (secondary N) is 1. The molecule has 2 rings (SSSR count). The van der Waals surface area contributed by atoms with Crippen LogP contribution in [-0.2, 0) is 6.54 Å². The van der Waals surface area contributed by atoms with Crippen LogP contribution in [0.5, 0.6) is 0 Å². The Morgan fingerprint density at radius 2 is 1.76 bits per heavy atom. The van der Waals surface area contributed by atoms with Gasteiger partial charge in [0.25, 0.3) is 5.76 Å². The lowest BCUT2D eigenvalue weighted by Crippen LogP contribution is -2.14. The molecule has 0 fully saturated rings. The van der Waals surface area contributed by atoms with Crippen LogP contribution >= 0.6 is 11.8 Å². The van der Waals surface area contributed by atoms with Crippen molar-refractivity contribution in [2.45, 2.75) is 30.5 Å². The highest BCUT2D eigenvalue weighted by Crippen LogP contribution is 2.29. The molecule has 2 aromatic carbocycles. The van der Waals surface area contributed by atoms with Gasteiger partial charge in [0.05, 0.1) is 0 Å². The molecule has 0 atom stereocenters. The van der Waals surface area contributed by atoms with Gasteiger partial charge in [-0.2, -0.15) is 8.78 Å². The molecule has 0 aromatic heterocycles. The summed E-state index contributed by atoms with van der Waals surface area (Å²) in [5.74, 6) is -2.37. The van der Waals surface area contributed by atoms with Gasteiger partial charge in [0.15, 0.2) is 0 Å². The highest BCUT2D eigenvalue weighted by Gasteiger charge is 2.07. The number of thioether (sulfide) groups is 1. The maximum Gasteiger partial charge on any atom is 0.288 e. The Labute approximate surface area is 128 Å². The smallest absolute Gasteiger partial charge is 0.288 e. The average molecular weight is 307 g/mol. The third kappa shape index (κ3) is 4.83. The van der Waals surface area contributed by atoms with Crippen LogP contribution in [0.3, 0.4) is 0 Å². The summed E-state index contributed by atoms with van der Waals surface area (Å²) in [5.41, 5.74) is 3.43. The molecule has 0 heterocycles. The summed E-state index contributed by atoms with van der Waals surface area (Å²) < 4.78 is 24.7. The van der Waals surface area contributed by atoms with Crippen molar-refractivity contribution < 1.29 is 8.78 Å². The van der Waals surface area contributed by atoms with Gasteiger partial charge in [-0.15, -0.1) is 0 Å². The Bertz CT molecular complexity index is 555. The molecule has 112 valence electrons. The Morgan fingerprint density at radius 3 is 2.43 bits per heavy atom. The first-order valence-electron chi connectivity index (χ1n) is 7.04. The van der Waals surface area contributed by atoms with Crippen LogP contribution < -0.4 is 5.32 Å². The lowest BCUT2D eigenvalue weighted by Gasteiger charge is -2.11. The normalized spacial score (nSPS) is 11.0. The molecule has 0 aliphatic heterocycles. The van der Waals surface area contributed by atoms with E-state index in [2.05, 4.69) is 24.4 Å². The zero-order valence-electron chi connectivity index (χ0n) is 12.0. The van der Waals surface area contributed by atoms with E-state index >= 15 is 0 Å². The first-order valence-corrected chi connectivity index (χ1v) is 7.92. The molecule has 4 heteroatoms. The Balaban J connectivity index is 2.17. The molecular formula is C17H19F2NS. The maximum atomic E-state index is 12.3. The molecule has 0 aliphatic carbocycles. The van der Waals surface area contributed by atoms with Crippen LogP contribution in [0.1, 0.15) is 18.9 Å². The minimum atomic E-state index is -2.37. The van der Waals surface area contributed by atoms with Crippen molar-refractivity contribution in [3.63, 3.8) is 0 Å². The second kappa shape index (κ2) is 8.15. The van der Waals surface area contributed by atoms with Crippen LogP contribution in [0.2, 0.25) is 0 Å². The standard InChI is InChI=1S/C17H19F2NS/c1-2-11-20-12-14-5-3-4-6-16(14)13-7-9-15(10-8-13)21-17(18)19/h3-10,17,20H,2,11-12H2,1H3. The average Bonchev–Trinajstić information content (AvgIpc) is 2.48. The molecule has 0 radical (unpaired) electrons. The SMILES string of the molecule is CCCNCc1ccccc1-c1ccc(SC(F)F)cc1. The summed E-state index contributed by atoms with van der Waals surface area (Å²) in [4.78, 5) is 0.593. The summed E-state index contributed by atoms with van der Waals surface area (Å²) in [6.45, 7) is 3.94. The fraction of sp³-hybridized carbons (Fsp3) is 0.294. The third-order valence-electron chi connectivity index (χ3n) is 3.15. The van der Waals surface area contributed by atoms with Gasteiger partial charge in [0.1, 0.15) is 0 Å². The first-order chi connectivity index (χ1) is 10.2. The van der Waals surface area contributed by atoms with E-state index in [4.69, 9.17) is 0 Å². The van der Waals surface area contributed by atoms with Crippen LogP contribution in [0, 0.1) is 0 Å². The summed E-state index contributed by atoms with van der Waals surface area (Å²) in [6, 6.07) is 15.5. The summed E-state index contributed by atoms with van der Waals surface area (Å²) in [5, 5.41) is 3.40. The Kier molecular flexibility index (Phi) is 6.21. The van der Waals surface area contributed by atoms with Crippen molar-refractivity contribution in [2.75, 3.05) is 6.54 Å². The zero-order valence-corrected chi connectivity index (χ0v) is 12.8. The second-order valence-corrected chi connectivity index (χ2v) is 5.80. The van der Waals surface area contributed by atoms with Crippen molar-refractivity contribution in [1.29, 1.82) is 0 Å². The molecule has 0 unspecified atom stereocenters. The van der Waals surface area contributed by atoms with Gasteiger partial charge in [-0.1, -0.05) is 55.1 Å². The highest BCUT2D eigenvalue weighted by atomic mass is 32.2. The minimum Gasteiger partial charge on any atom is -0.313 e. The van der Waals surface area contributed by atoms with E-state index in [-0.39, 0.29) is 0 Å². The van der Waals surface area contributed by atoms with Gasteiger partial charge in [-0.05, 0) is 41.8 Å². The van der Waals surface area contributed by atoms with Crippen molar-refractivity contribution in [3.8, 4) is 11.1 Å². The third-order valence-corrected chi connectivity index (χ3v) is 3.87. The van der Waals surface area contributed by atoms with E-state index in [9.17, 15) is 8.78 Å². The minimum absolute atomic E-state index is 0.578. The van der Waals surface area contributed by atoms with E-state index in [1.54, 1.807) is 12.1 Å². The molecule has 2 aromatic rings. The number of benzene rings is 2. The lowest BCUT2D eigenvalue weighted by molar-refractivity contribution is 0.252. The molecule has 0 aliphatic rings. The molecular weight excluding hydrogens is 288 g/mol. The van der Waals surface area contributed by atoms with Gasteiger partial charge in [-0.25, -0.2) is 0 Å². The molecule has 21 heavy (non-hydrogen) atoms. The fourth-order valence-electron chi connectivity index (χ4n) is 2.17. The quantitative estimate of drug-likeness (QED) is 0.559. The number of alkyl halides is 2. The van der Waals surface area contributed by atoms with Crippen molar-refractivity contribution in [3.05, 3.63) is 54.1 Å². The van der Waals surface area contributed by atoms with Crippen LogP contribution in [0.25, 0.3) is 11.1 Å². The van der Waals surface area contributed by atoms with E-state index < -0.39 is 5.76 Å². The molecule has 0 amide bonds. The molecule has 1 nitrogen and oxygen atoms in total. The van der Waals surface area contributed by atoms with Gasteiger partial charge < -0.3 is 5.32 Å². The largest absolute Gasteiger partial charge is 0.313 e. The maximum absolute atomic E-state index is 12.3. The number of hydrogen-bond acceptors (Lipinski definition) is 2. The first kappa shape index (κ1) is 16.0. The second-order valence-electron chi connectivity index (χ2n) is 4.74. The van der Waals surface area contributed by atoms with E-state index in [0.717, 1.165) is 30.6 Å². The number of halogens is 2. The van der Waals surface area contributed by atoms with Crippen LogP contribution in [-0.4, -0.2) is 12.3 Å². The van der Waals surface area contributed by atoms with E-state index in [1.165, 1.54) is 5.56 Å². The number of hydrogen-bond donors (Lipinski definition) is 1. The molecule has 0 bridgehead atoms. The van der Waals surface area contributed by atoms with Crippen LogP contribution in [0.15, 0.2) is 53.4 Å². The summed E-state index contributed by atoms with van der Waals surface area (Å²) in [6.07, 6.45) is 1.10. The molecule has 0 spiro atoms. The molecule has 1 N–H and O–H groups in total. The fourth-order valence-corrected chi connectivity index (χ4v) is 2.67.